The number of rotatable bonds is 4. The quantitative estimate of drug-likeness (QED) is 0.368. The van der Waals surface area contributed by atoms with Gasteiger partial charge in [-0.1, -0.05) is 47.1 Å². The molecule has 1 N–H and O–H groups in total. The molecule has 0 amide bonds. The van der Waals surface area contributed by atoms with Crippen LogP contribution in [-0.2, 0) is 5.75 Å². The summed E-state index contributed by atoms with van der Waals surface area (Å²) in [6.07, 6.45) is 0. The van der Waals surface area contributed by atoms with E-state index in [9.17, 15) is 4.79 Å². The van der Waals surface area contributed by atoms with Gasteiger partial charge in [0.2, 0.25) is 0 Å². The number of imidazole rings is 1. The van der Waals surface area contributed by atoms with Crippen molar-refractivity contribution in [2.24, 2.45) is 0 Å². The molecule has 2 heterocycles. The van der Waals surface area contributed by atoms with Crippen LogP contribution >= 0.6 is 35.0 Å². The number of aromatic amines is 1. The second-order valence-corrected chi connectivity index (χ2v) is 7.33. The van der Waals surface area contributed by atoms with E-state index in [1.807, 2.05) is 18.2 Å². The van der Waals surface area contributed by atoms with Crippen LogP contribution in [0.5, 0.6) is 5.75 Å². The lowest BCUT2D eigenvalue weighted by atomic mass is 10.2. The summed E-state index contributed by atoms with van der Waals surface area (Å²) in [5.74, 6) is 0.946. The average Bonchev–Trinajstić information content (AvgIpc) is 3.01. The summed E-state index contributed by atoms with van der Waals surface area (Å²) in [6, 6.07) is 10.7. The van der Waals surface area contributed by atoms with Crippen molar-refractivity contribution in [3.63, 3.8) is 0 Å². The van der Waals surface area contributed by atoms with E-state index in [0.717, 1.165) is 16.4 Å². The van der Waals surface area contributed by atoms with E-state index >= 15 is 0 Å². The number of para-hydroxylation sites is 1. The third kappa shape index (κ3) is 3.16. The number of aromatic nitrogens is 2. The molecule has 2 aromatic heterocycles. The number of thioether (sulfide) groups is 1. The fraction of sp³-hybridized carbons (Fsp3) is 0.111. The summed E-state index contributed by atoms with van der Waals surface area (Å²) >= 11 is 13.4. The second kappa shape index (κ2) is 6.87. The van der Waals surface area contributed by atoms with E-state index < -0.39 is 5.63 Å². The average molecular weight is 407 g/mol. The van der Waals surface area contributed by atoms with Crippen molar-refractivity contribution >= 4 is 57.0 Å². The fourth-order valence-electron chi connectivity index (χ4n) is 2.62. The molecule has 0 saturated carbocycles. The van der Waals surface area contributed by atoms with Gasteiger partial charge in [-0.2, -0.15) is 0 Å². The van der Waals surface area contributed by atoms with E-state index in [0.29, 0.717) is 37.9 Å². The molecule has 4 aromatic rings. The fourth-order valence-corrected chi connectivity index (χ4v) is 3.78. The Labute approximate surface area is 162 Å². The van der Waals surface area contributed by atoms with Crippen molar-refractivity contribution in [2.75, 3.05) is 7.11 Å². The monoisotopic (exact) mass is 406 g/mol. The summed E-state index contributed by atoms with van der Waals surface area (Å²) in [4.78, 5) is 19.9. The number of methoxy groups -OCH3 is 1. The lowest BCUT2D eigenvalue weighted by Crippen LogP contribution is -2.06. The van der Waals surface area contributed by atoms with Gasteiger partial charge in [0.25, 0.3) is 0 Å². The Balaban J connectivity index is 1.63. The highest BCUT2D eigenvalue weighted by Gasteiger charge is 2.12. The Hall–Kier alpha value is -2.15. The van der Waals surface area contributed by atoms with Crippen LogP contribution in [-0.4, -0.2) is 17.1 Å². The molecule has 132 valence electrons. The van der Waals surface area contributed by atoms with Gasteiger partial charge in [0.1, 0.15) is 0 Å². The highest BCUT2D eigenvalue weighted by molar-refractivity contribution is 7.98. The third-order valence-corrected chi connectivity index (χ3v) is 5.53. The van der Waals surface area contributed by atoms with Crippen LogP contribution in [0.1, 0.15) is 5.56 Å². The second-order valence-electron chi connectivity index (χ2n) is 5.55. The van der Waals surface area contributed by atoms with E-state index in [-0.39, 0.29) is 0 Å². The van der Waals surface area contributed by atoms with E-state index in [4.69, 9.17) is 32.4 Å². The van der Waals surface area contributed by atoms with Crippen LogP contribution in [0.2, 0.25) is 10.0 Å². The molecule has 0 aliphatic heterocycles. The molecular formula is C18H12Cl2N2O3S. The van der Waals surface area contributed by atoms with E-state index in [2.05, 4.69) is 9.97 Å². The molecule has 0 unspecified atom stereocenters. The molecule has 0 spiro atoms. The zero-order valence-electron chi connectivity index (χ0n) is 13.5. The van der Waals surface area contributed by atoms with Crippen LogP contribution in [0.15, 0.2) is 50.8 Å². The van der Waals surface area contributed by atoms with Crippen LogP contribution in [0.25, 0.3) is 22.0 Å². The standard InChI is InChI=1S/C18H12Cl2N2O3S/c1-24-15-4-2-3-9-5-10(17(23)25-16(9)15)8-26-18-21-13-6-11(19)12(20)7-14(13)22-18/h2-7H,8H2,1H3,(H,21,22). The molecule has 0 aliphatic carbocycles. The van der Waals surface area contributed by atoms with Gasteiger partial charge >= 0.3 is 5.63 Å². The molecule has 0 bridgehead atoms. The molecule has 0 atom stereocenters. The summed E-state index contributed by atoms with van der Waals surface area (Å²) in [5.41, 5.74) is 2.11. The van der Waals surface area contributed by atoms with E-state index in [1.165, 1.54) is 11.8 Å². The predicted molar refractivity (Wildman–Crippen MR) is 105 cm³/mol. The van der Waals surface area contributed by atoms with Gasteiger partial charge in [-0.15, -0.1) is 0 Å². The Kier molecular flexibility index (Phi) is 4.56. The Morgan fingerprint density at radius 1 is 1.23 bits per heavy atom. The van der Waals surface area contributed by atoms with Gasteiger partial charge in [0.05, 0.1) is 28.2 Å². The highest BCUT2D eigenvalue weighted by Crippen LogP contribution is 2.30. The van der Waals surface area contributed by atoms with E-state index in [1.54, 1.807) is 25.3 Å². The lowest BCUT2D eigenvalue weighted by Gasteiger charge is -2.05. The Morgan fingerprint density at radius 3 is 2.85 bits per heavy atom. The first-order valence-corrected chi connectivity index (χ1v) is 9.36. The smallest absolute Gasteiger partial charge is 0.340 e. The molecule has 0 radical (unpaired) electrons. The summed E-state index contributed by atoms with van der Waals surface area (Å²) < 4.78 is 10.7. The summed E-state index contributed by atoms with van der Waals surface area (Å²) in [5, 5.41) is 2.39. The summed E-state index contributed by atoms with van der Waals surface area (Å²) in [7, 11) is 1.54. The molecule has 0 fully saturated rings. The van der Waals surface area contributed by atoms with Gasteiger partial charge in [0.15, 0.2) is 16.5 Å². The first-order chi connectivity index (χ1) is 12.5. The van der Waals surface area contributed by atoms with Gasteiger partial charge in [-0.05, 0) is 24.3 Å². The minimum absolute atomic E-state index is 0.392. The molecule has 8 heteroatoms. The molecule has 0 saturated heterocycles. The largest absolute Gasteiger partial charge is 0.493 e. The van der Waals surface area contributed by atoms with Crippen LogP contribution < -0.4 is 10.4 Å². The predicted octanol–water partition coefficient (Wildman–Crippen LogP) is 5.28. The van der Waals surface area contributed by atoms with Crippen molar-refractivity contribution in [1.29, 1.82) is 0 Å². The van der Waals surface area contributed by atoms with Crippen LogP contribution in [0, 0.1) is 0 Å². The van der Waals surface area contributed by atoms with Crippen LogP contribution in [0.3, 0.4) is 0 Å². The van der Waals surface area contributed by atoms with Gasteiger partial charge in [0, 0.05) is 16.7 Å². The number of benzene rings is 2. The third-order valence-electron chi connectivity index (χ3n) is 3.88. The number of nitrogens with zero attached hydrogens (tertiary/aromatic N) is 1. The van der Waals surface area contributed by atoms with Crippen molar-refractivity contribution < 1.29 is 9.15 Å². The minimum atomic E-state index is -0.392. The number of hydrogen-bond acceptors (Lipinski definition) is 5. The Bertz CT molecular complexity index is 1150. The Morgan fingerprint density at radius 2 is 2.04 bits per heavy atom. The normalized spacial score (nSPS) is 11.3. The molecule has 4 rings (SSSR count). The maximum atomic E-state index is 12.3. The van der Waals surface area contributed by atoms with Crippen molar-refractivity contribution in [2.45, 2.75) is 10.9 Å². The minimum Gasteiger partial charge on any atom is -0.493 e. The zero-order chi connectivity index (χ0) is 18.3. The van der Waals surface area contributed by atoms with Crippen molar-refractivity contribution in [3.8, 4) is 5.75 Å². The van der Waals surface area contributed by atoms with Gasteiger partial charge < -0.3 is 14.1 Å². The maximum Gasteiger partial charge on any atom is 0.340 e. The lowest BCUT2D eigenvalue weighted by molar-refractivity contribution is 0.406. The molecule has 2 aromatic carbocycles. The topological polar surface area (TPSA) is 68.1 Å². The van der Waals surface area contributed by atoms with Crippen molar-refractivity contribution in [3.05, 3.63) is 62.4 Å². The number of H-pyrrole nitrogens is 1. The first kappa shape index (κ1) is 17.3. The van der Waals surface area contributed by atoms with Crippen molar-refractivity contribution in [1.82, 2.24) is 9.97 Å². The highest BCUT2D eigenvalue weighted by atomic mass is 35.5. The first-order valence-electron chi connectivity index (χ1n) is 7.62. The SMILES string of the molecule is COc1cccc2cc(CSc3nc4cc(Cl)c(Cl)cc4[nH]3)c(=O)oc12. The molecule has 0 aliphatic rings. The molecule has 5 nitrogen and oxygen atoms in total. The maximum absolute atomic E-state index is 12.3. The summed E-state index contributed by atoms with van der Waals surface area (Å²) in [6.45, 7) is 0. The molecular weight excluding hydrogens is 395 g/mol. The number of ether oxygens (including phenoxy) is 1. The number of fused-ring (bicyclic) bond motifs is 2. The van der Waals surface area contributed by atoms with Gasteiger partial charge in [-0.25, -0.2) is 9.78 Å². The molecule has 26 heavy (non-hydrogen) atoms. The number of hydrogen-bond donors (Lipinski definition) is 1. The number of nitrogens with one attached hydrogen (secondary N) is 1. The van der Waals surface area contributed by atoms with Gasteiger partial charge in [-0.3, -0.25) is 0 Å². The zero-order valence-corrected chi connectivity index (χ0v) is 15.8. The van der Waals surface area contributed by atoms with Crippen LogP contribution in [0.4, 0.5) is 0 Å². The number of halogens is 2.